The summed E-state index contributed by atoms with van der Waals surface area (Å²) < 4.78 is 11.0. The number of amides is 1. The molecule has 1 aromatic carbocycles. The van der Waals surface area contributed by atoms with Gasteiger partial charge in [-0.2, -0.15) is 0 Å². The van der Waals surface area contributed by atoms with Crippen LogP contribution >= 0.6 is 0 Å². The lowest BCUT2D eigenvalue weighted by Gasteiger charge is -2.14. The predicted molar refractivity (Wildman–Crippen MR) is 88.5 cm³/mol. The standard InChI is InChI=1S/C16H17N3O6/c1-10(15(22)17-11-4-3-5-12(8-11)24-2)25-14(21)9-19-7-6-13(20)18-16(19)23/h3-8,10H,9H2,1-2H3,(H,17,22)(H,18,20,23)/t10-/m1/s1. The van der Waals surface area contributed by atoms with E-state index in [0.717, 1.165) is 10.6 Å². The third-order valence-electron chi connectivity index (χ3n) is 3.21. The zero-order valence-electron chi connectivity index (χ0n) is 13.6. The molecule has 9 nitrogen and oxygen atoms in total. The van der Waals surface area contributed by atoms with Crippen LogP contribution in [0.2, 0.25) is 0 Å². The first-order valence-corrected chi connectivity index (χ1v) is 7.33. The number of rotatable bonds is 6. The molecule has 1 atom stereocenters. The van der Waals surface area contributed by atoms with Crippen LogP contribution in [0.4, 0.5) is 5.69 Å². The van der Waals surface area contributed by atoms with E-state index in [1.54, 1.807) is 24.3 Å². The summed E-state index contributed by atoms with van der Waals surface area (Å²) in [6, 6.07) is 7.81. The maximum absolute atomic E-state index is 12.1. The van der Waals surface area contributed by atoms with Crippen LogP contribution in [0.25, 0.3) is 0 Å². The molecule has 0 saturated heterocycles. The molecule has 132 valence electrons. The number of nitrogens with one attached hydrogen (secondary N) is 2. The number of carbonyl (C=O) groups is 2. The zero-order chi connectivity index (χ0) is 18.4. The van der Waals surface area contributed by atoms with E-state index in [4.69, 9.17) is 9.47 Å². The molecule has 25 heavy (non-hydrogen) atoms. The van der Waals surface area contributed by atoms with E-state index in [0.29, 0.717) is 11.4 Å². The molecule has 2 aromatic rings. The van der Waals surface area contributed by atoms with Gasteiger partial charge in [-0.25, -0.2) is 4.79 Å². The van der Waals surface area contributed by atoms with E-state index in [1.807, 2.05) is 4.98 Å². The second-order valence-corrected chi connectivity index (χ2v) is 5.09. The molecule has 0 spiro atoms. The Morgan fingerprint density at radius 1 is 1.28 bits per heavy atom. The summed E-state index contributed by atoms with van der Waals surface area (Å²) in [4.78, 5) is 48.4. The minimum atomic E-state index is -1.07. The number of aromatic amines is 1. The van der Waals surface area contributed by atoms with E-state index in [2.05, 4.69) is 5.32 Å². The van der Waals surface area contributed by atoms with Gasteiger partial charge in [0.1, 0.15) is 12.3 Å². The smallest absolute Gasteiger partial charge is 0.328 e. The summed E-state index contributed by atoms with van der Waals surface area (Å²) >= 11 is 0. The van der Waals surface area contributed by atoms with Crippen molar-refractivity contribution >= 4 is 17.6 Å². The third-order valence-corrected chi connectivity index (χ3v) is 3.21. The molecule has 0 saturated carbocycles. The molecular weight excluding hydrogens is 330 g/mol. The summed E-state index contributed by atoms with van der Waals surface area (Å²) in [6.45, 7) is 0.982. The van der Waals surface area contributed by atoms with Crippen LogP contribution < -0.4 is 21.3 Å². The highest BCUT2D eigenvalue weighted by atomic mass is 16.5. The molecular formula is C16H17N3O6. The van der Waals surface area contributed by atoms with E-state index in [1.165, 1.54) is 20.2 Å². The lowest BCUT2D eigenvalue weighted by atomic mass is 10.3. The first-order chi connectivity index (χ1) is 11.9. The molecule has 1 heterocycles. The summed E-state index contributed by atoms with van der Waals surface area (Å²) in [5.41, 5.74) is -0.817. The van der Waals surface area contributed by atoms with Gasteiger partial charge in [-0.1, -0.05) is 6.07 Å². The summed E-state index contributed by atoms with van der Waals surface area (Å²) in [5.74, 6) is -0.752. The van der Waals surface area contributed by atoms with Crippen LogP contribution in [-0.2, 0) is 20.9 Å². The Morgan fingerprint density at radius 2 is 2.04 bits per heavy atom. The topological polar surface area (TPSA) is 119 Å². The molecule has 0 radical (unpaired) electrons. The number of aromatic nitrogens is 2. The van der Waals surface area contributed by atoms with Crippen molar-refractivity contribution in [3.05, 3.63) is 57.4 Å². The van der Waals surface area contributed by atoms with Gasteiger partial charge in [-0.05, 0) is 19.1 Å². The van der Waals surface area contributed by atoms with Gasteiger partial charge in [-0.3, -0.25) is 23.9 Å². The highest BCUT2D eigenvalue weighted by Gasteiger charge is 2.18. The first-order valence-electron chi connectivity index (χ1n) is 7.33. The average molecular weight is 347 g/mol. The molecule has 2 rings (SSSR count). The largest absolute Gasteiger partial charge is 0.497 e. The SMILES string of the molecule is COc1cccc(NC(=O)[C@@H](C)OC(=O)Cn2ccc(=O)[nH]c2=O)c1. The van der Waals surface area contributed by atoms with Gasteiger partial charge in [0.2, 0.25) is 0 Å². The number of nitrogens with zero attached hydrogens (tertiary/aromatic N) is 1. The highest BCUT2D eigenvalue weighted by molar-refractivity contribution is 5.95. The minimum absolute atomic E-state index is 0.424. The second-order valence-electron chi connectivity index (χ2n) is 5.09. The quantitative estimate of drug-likeness (QED) is 0.716. The van der Waals surface area contributed by atoms with E-state index >= 15 is 0 Å². The molecule has 2 N–H and O–H groups in total. The highest BCUT2D eigenvalue weighted by Crippen LogP contribution is 2.17. The average Bonchev–Trinajstić information content (AvgIpc) is 2.57. The monoisotopic (exact) mass is 347 g/mol. The van der Waals surface area contributed by atoms with Crippen LogP contribution in [0, 0.1) is 0 Å². The van der Waals surface area contributed by atoms with Crippen LogP contribution in [0.5, 0.6) is 5.75 Å². The Labute approximate surface area is 142 Å². The first kappa shape index (κ1) is 18.0. The number of ether oxygens (including phenoxy) is 2. The number of esters is 1. The Bertz CT molecular complexity index is 886. The molecule has 0 aliphatic heterocycles. The van der Waals surface area contributed by atoms with Crippen molar-refractivity contribution in [3.63, 3.8) is 0 Å². The van der Waals surface area contributed by atoms with Gasteiger partial charge in [0.25, 0.3) is 11.5 Å². The Morgan fingerprint density at radius 3 is 2.72 bits per heavy atom. The fourth-order valence-corrected chi connectivity index (χ4v) is 1.94. The van der Waals surface area contributed by atoms with Crippen molar-refractivity contribution in [2.75, 3.05) is 12.4 Å². The molecule has 0 aliphatic rings. The normalized spacial score (nSPS) is 11.4. The number of hydrogen-bond acceptors (Lipinski definition) is 6. The van der Waals surface area contributed by atoms with Gasteiger partial charge in [-0.15, -0.1) is 0 Å². The van der Waals surface area contributed by atoms with Crippen LogP contribution in [0.15, 0.2) is 46.1 Å². The lowest BCUT2D eigenvalue weighted by Crippen LogP contribution is -2.34. The van der Waals surface area contributed by atoms with Crippen LogP contribution in [-0.4, -0.2) is 34.6 Å². The van der Waals surface area contributed by atoms with Crippen LogP contribution in [0.1, 0.15) is 6.92 Å². The minimum Gasteiger partial charge on any atom is -0.497 e. The maximum atomic E-state index is 12.1. The molecule has 0 aliphatic carbocycles. The predicted octanol–water partition coefficient (Wildman–Crippen LogP) is 0.116. The van der Waals surface area contributed by atoms with Gasteiger partial charge in [0.05, 0.1) is 7.11 Å². The molecule has 0 fully saturated rings. The Hall–Kier alpha value is -3.36. The molecule has 1 aromatic heterocycles. The molecule has 1 amide bonds. The molecule has 0 unspecified atom stereocenters. The van der Waals surface area contributed by atoms with Crippen molar-refractivity contribution < 1.29 is 19.1 Å². The molecule has 0 bridgehead atoms. The molecule has 9 heteroatoms. The lowest BCUT2D eigenvalue weighted by molar-refractivity contribution is -0.153. The van der Waals surface area contributed by atoms with Crippen molar-refractivity contribution in [3.8, 4) is 5.75 Å². The summed E-state index contributed by atoms with van der Waals surface area (Å²) in [5, 5.41) is 2.59. The van der Waals surface area contributed by atoms with E-state index in [-0.39, 0.29) is 0 Å². The number of hydrogen-bond donors (Lipinski definition) is 2. The number of methoxy groups -OCH3 is 1. The van der Waals surface area contributed by atoms with E-state index in [9.17, 15) is 19.2 Å². The number of benzene rings is 1. The fourth-order valence-electron chi connectivity index (χ4n) is 1.94. The van der Waals surface area contributed by atoms with Gasteiger partial charge < -0.3 is 14.8 Å². The number of H-pyrrole nitrogens is 1. The number of anilines is 1. The van der Waals surface area contributed by atoms with Gasteiger partial charge >= 0.3 is 11.7 Å². The van der Waals surface area contributed by atoms with Gasteiger partial charge in [0, 0.05) is 24.0 Å². The summed E-state index contributed by atoms with van der Waals surface area (Å²) in [6.07, 6.45) is 0.0980. The maximum Gasteiger partial charge on any atom is 0.328 e. The van der Waals surface area contributed by atoms with Crippen molar-refractivity contribution in [2.45, 2.75) is 19.6 Å². The Kier molecular flexibility index (Phi) is 5.72. The zero-order valence-corrected chi connectivity index (χ0v) is 13.6. The Balaban J connectivity index is 1.94. The van der Waals surface area contributed by atoms with Crippen molar-refractivity contribution in [1.82, 2.24) is 9.55 Å². The third kappa shape index (κ3) is 5.06. The van der Waals surface area contributed by atoms with Crippen LogP contribution in [0.3, 0.4) is 0 Å². The number of carbonyl (C=O) groups excluding carboxylic acids is 2. The summed E-state index contributed by atoms with van der Waals surface area (Å²) in [7, 11) is 1.50. The van der Waals surface area contributed by atoms with E-state index < -0.39 is 35.8 Å². The van der Waals surface area contributed by atoms with Crippen molar-refractivity contribution in [1.29, 1.82) is 0 Å². The fraction of sp³-hybridized carbons (Fsp3) is 0.250. The van der Waals surface area contributed by atoms with Crippen molar-refractivity contribution in [2.24, 2.45) is 0 Å². The second kappa shape index (κ2) is 7.95. The van der Waals surface area contributed by atoms with Gasteiger partial charge in [0.15, 0.2) is 6.10 Å².